The molecule has 4 aromatic carbocycles. The first-order chi connectivity index (χ1) is 17.8. The van der Waals surface area contributed by atoms with E-state index < -0.39 is 0 Å². The molecule has 0 saturated carbocycles. The van der Waals surface area contributed by atoms with Crippen LogP contribution in [0.4, 0.5) is 0 Å². The van der Waals surface area contributed by atoms with Crippen molar-refractivity contribution in [3.63, 3.8) is 0 Å². The fourth-order valence-corrected chi connectivity index (χ4v) is 8.12. The molecule has 6 aliphatic carbocycles. The predicted molar refractivity (Wildman–Crippen MR) is 151 cm³/mol. The van der Waals surface area contributed by atoms with Gasteiger partial charge in [0.25, 0.3) is 0 Å². The molecule has 168 valence electrons. The molecule has 6 aliphatic rings. The van der Waals surface area contributed by atoms with Crippen LogP contribution in [0.5, 0.6) is 0 Å². The van der Waals surface area contributed by atoms with Gasteiger partial charge in [0.2, 0.25) is 0 Å². The van der Waals surface area contributed by atoms with Crippen LogP contribution in [-0.2, 0) is 25.7 Å². The van der Waals surface area contributed by atoms with Crippen molar-refractivity contribution in [3.05, 3.63) is 128 Å². The maximum atomic E-state index is 2.51. The molecule has 0 heterocycles. The Balaban J connectivity index is 1.10. The lowest BCUT2D eigenvalue weighted by molar-refractivity contribution is 1.24. The Labute approximate surface area is 210 Å². The highest BCUT2D eigenvalue weighted by molar-refractivity contribution is 6.07. The van der Waals surface area contributed by atoms with Gasteiger partial charge in [0.05, 0.1) is 0 Å². The molecule has 0 nitrogen and oxygen atoms in total. The van der Waals surface area contributed by atoms with Gasteiger partial charge in [-0.15, -0.1) is 0 Å². The second kappa shape index (κ2) is 6.08. The van der Waals surface area contributed by atoms with Crippen LogP contribution in [0.25, 0.3) is 43.8 Å². The smallest absolute Gasteiger partial charge is 0.00104 e. The molecule has 0 spiro atoms. The van der Waals surface area contributed by atoms with Crippen LogP contribution >= 0.6 is 0 Å². The molecule has 0 unspecified atom stereocenters. The molecule has 0 aliphatic heterocycles. The van der Waals surface area contributed by atoms with E-state index in [4.69, 9.17) is 0 Å². The van der Waals surface area contributed by atoms with E-state index >= 15 is 0 Å². The molecular weight excluding hydrogens is 432 g/mol. The molecule has 36 heavy (non-hydrogen) atoms. The summed E-state index contributed by atoms with van der Waals surface area (Å²) in [4.78, 5) is 0. The Bertz CT molecular complexity index is 1820. The van der Waals surface area contributed by atoms with Gasteiger partial charge < -0.3 is 0 Å². The summed E-state index contributed by atoms with van der Waals surface area (Å²) in [6.07, 6.45) is 15.9. The first-order valence-corrected chi connectivity index (χ1v) is 13.5. The van der Waals surface area contributed by atoms with E-state index in [2.05, 4.69) is 72.8 Å². The number of hydrogen-bond acceptors (Lipinski definition) is 0. The zero-order chi connectivity index (χ0) is 23.1. The van der Waals surface area contributed by atoms with Crippen molar-refractivity contribution in [1.82, 2.24) is 0 Å². The van der Waals surface area contributed by atoms with Crippen molar-refractivity contribution in [3.8, 4) is 0 Å². The molecule has 0 atom stereocenters. The maximum Gasteiger partial charge on any atom is -0.00104 e. The third-order valence-electron chi connectivity index (χ3n) is 9.79. The summed E-state index contributed by atoms with van der Waals surface area (Å²) in [6.45, 7) is 0. The van der Waals surface area contributed by atoms with E-state index in [1.54, 1.807) is 33.4 Å². The summed E-state index contributed by atoms with van der Waals surface area (Å²) in [7, 11) is 0. The second-order valence-corrected chi connectivity index (χ2v) is 11.6. The van der Waals surface area contributed by atoms with E-state index in [9.17, 15) is 0 Å². The van der Waals surface area contributed by atoms with Gasteiger partial charge in [0.15, 0.2) is 0 Å². The maximum absolute atomic E-state index is 2.51. The molecule has 0 heteroatoms. The average molecular weight is 457 g/mol. The van der Waals surface area contributed by atoms with Gasteiger partial charge >= 0.3 is 0 Å². The summed E-state index contributed by atoms with van der Waals surface area (Å²) >= 11 is 0. The Morgan fingerprint density at radius 1 is 0.361 bits per heavy atom. The van der Waals surface area contributed by atoms with Crippen LogP contribution in [0.15, 0.2) is 84.0 Å². The largest absolute Gasteiger partial charge is 0.0798 e. The van der Waals surface area contributed by atoms with Gasteiger partial charge in [-0.3, -0.25) is 0 Å². The van der Waals surface area contributed by atoms with Gasteiger partial charge in [-0.25, -0.2) is 0 Å². The van der Waals surface area contributed by atoms with E-state index in [1.807, 2.05) is 0 Å². The number of fused-ring (bicyclic) bond motifs is 10. The van der Waals surface area contributed by atoms with Gasteiger partial charge in [-0.05, 0) is 162 Å². The summed E-state index contributed by atoms with van der Waals surface area (Å²) < 4.78 is 0. The quantitative estimate of drug-likeness (QED) is 0.249. The predicted octanol–water partition coefficient (Wildman–Crippen LogP) is 8.56. The number of allylic oxidation sites excluding steroid dienone is 10. The minimum absolute atomic E-state index is 1.08. The fourth-order valence-electron chi connectivity index (χ4n) is 8.12. The Hall–Kier alpha value is -3.90. The van der Waals surface area contributed by atoms with Crippen molar-refractivity contribution in [2.24, 2.45) is 0 Å². The minimum atomic E-state index is 1.08. The van der Waals surface area contributed by atoms with Crippen molar-refractivity contribution in [1.29, 1.82) is 0 Å². The summed E-state index contributed by atoms with van der Waals surface area (Å²) in [5, 5.41) is 5.66. The Morgan fingerprint density at radius 3 is 1.17 bits per heavy atom. The highest BCUT2D eigenvalue weighted by atomic mass is 14.4. The first-order valence-electron chi connectivity index (χ1n) is 13.5. The average Bonchev–Trinajstić information content (AvgIpc) is 3.68. The van der Waals surface area contributed by atoms with Gasteiger partial charge in [0, 0.05) is 0 Å². The summed E-state index contributed by atoms with van der Waals surface area (Å²) in [5.74, 6) is 0. The van der Waals surface area contributed by atoms with Crippen molar-refractivity contribution in [2.75, 3.05) is 0 Å². The van der Waals surface area contributed by atoms with E-state index in [1.165, 1.54) is 66.1 Å². The third kappa shape index (κ3) is 2.18. The summed E-state index contributed by atoms with van der Waals surface area (Å²) in [5.41, 5.74) is 21.5. The topological polar surface area (TPSA) is 0 Å². The van der Waals surface area contributed by atoms with Crippen LogP contribution in [0.2, 0.25) is 0 Å². The molecule has 10 rings (SSSR count). The summed E-state index contributed by atoms with van der Waals surface area (Å²) in [6, 6.07) is 19.9. The van der Waals surface area contributed by atoms with Crippen LogP contribution in [0.1, 0.15) is 57.3 Å². The van der Waals surface area contributed by atoms with E-state index in [0.29, 0.717) is 0 Å². The van der Waals surface area contributed by atoms with Gasteiger partial charge in [-0.1, -0.05) is 48.6 Å². The number of benzene rings is 4. The Kier molecular flexibility index (Phi) is 3.10. The number of hydrogen-bond donors (Lipinski definition) is 0. The highest BCUT2D eigenvalue weighted by Crippen LogP contribution is 2.50. The highest BCUT2D eigenvalue weighted by Gasteiger charge is 2.31. The molecule has 0 radical (unpaired) electrons. The number of rotatable bonds is 0. The van der Waals surface area contributed by atoms with Crippen LogP contribution < -0.4 is 0 Å². The Morgan fingerprint density at radius 2 is 0.722 bits per heavy atom. The monoisotopic (exact) mass is 456 g/mol. The molecule has 4 aromatic rings. The molecular formula is C36H24. The lowest BCUT2D eigenvalue weighted by Crippen LogP contribution is -1.95. The van der Waals surface area contributed by atoms with Crippen molar-refractivity contribution >= 4 is 43.8 Å². The van der Waals surface area contributed by atoms with Crippen LogP contribution in [0, 0.1) is 0 Å². The van der Waals surface area contributed by atoms with Crippen LogP contribution in [-0.4, -0.2) is 0 Å². The molecule has 0 saturated heterocycles. The van der Waals surface area contributed by atoms with Crippen molar-refractivity contribution < 1.29 is 0 Å². The van der Waals surface area contributed by atoms with Gasteiger partial charge in [-0.2, -0.15) is 0 Å². The zero-order valence-electron chi connectivity index (χ0n) is 20.2. The fraction of sp³-hybridized carbons (Fsp3) is 0.167. The SMILES string of the molecule is C1=CC2=C(C1)c1cc3cc4c(cc3cc1C2)CC1=C4Cc2cc3cc4c(cc3cc21)C1=C(C=CC1)C4. The molecule has 0 N–H and O–H groups in total. The first kappa shape index (κ1) is 18.4. The van der Waals surface area contributed by atoms with Crippen LogP contribution in [0.3, 0.4) is 0 Å². The van der Waals surface area contributed by atoms with Crippen molar-refractivity contribution in [2.45, 2.75) is 38.5 Å². The third-order valence-corrected chi connectivity index (χ3v) is 9.79. The van der Waals surface area contributed by atoms with E-state index in [0.717, 1.165) is 38.5 Å². The second-order valence-electron chi connectivity index (χ2n) is 11.6. The molecule has 0 aromatic heterocycles. The van der Waals surface area contributed by atoms with Gasteiger partial charge in [0.1, 0.15) is 0 Å². The molecule has 0 amide bonds. The lowest BCUT2D eigenvalue weighted by Gasteiger charge is -2.13. The normalized spacial score (nSPS) is 19.6. The van der Waals surface area contributed by atoms with E-state index in [-0.39, 0.29) is 0 Å². The molecule has 0 bridgehead atoms. The zero-order valence-corrected chi connectivity index (χ0v) is 20.2. The lowest BCUT2D eigenvalue weighted by atomic mass is 9.91. The molecule has 0 fully saturated rings. The standard InChI is InChI=1S/C36H24/c1-3-19-7-25-9-21-11-27-17-36-34-16-24-14-32-26(8-20-4-2-6-30(20)32)10-22(24)12-28(34)18-35(36)33(27)15-23(21)13-31(25)29(19)5-1/h1-4,9-16H,5-8,17-18H2. The minimum Gasteiger partial charge on any atom is -0.0798 e.